The number of hydrogen-bond donors (Lipinski definition) is 0. The number of rotatable bonds is 8. The summed E-state index contributed by atoms with van der Waals surface area (Å²) in [5.74, 6) is 0.751. The Hall–Kier alpha value is -3.13. The predicted molar refractivity (Wildman–Crippen MR) is 124 cm³/mol. The third kappa shape index (κ3) is 6.18. The molecule has 4 heteroatoms. The fourth-order valence-corrected chi connectivity index (χ4v) is 4.08. The molecule has 0 amide bonds. The van der Waals surface area contributed by atoms with Crippen molar-refractivity contribution in [3.05, 3.63) is 102 Å². The summed E-state index contributed by atoms with van der Waals surface area (Å²) in [4.78, 5) is 5.07. The lowest BCUT2D eigenvalue weighted by molar-refractivity contribution is 0.107. The van der Waals surface area contributed by atoms with Gasteiger partial charge in [0.25, 0.3) is 0 Å². The molecule has 0 spiro atoms. The smallest absolute Gasteiger partial charge is 0.125 e. The number of benzene rings is 3. The molecule has 1 aliphatic rings. The maximum absolute atomic E-state index is 9.19. The van der Waals surface area contributed by atoms with Crippen LogP contribution in [-0.2, 0) is 6.54 Å². The topological polar surface area (TPSA) is 39.5 Å². The predicted octanol–water partition coefficient (Wildman–Crippen LogP) is 4.89. The summed E-state index contributed by atoms with van der Waals surface area (Å²) in [7, 11) is 0. The van der Waals surface area contributed by atoms with Crippen molar-refractivity contribution >= 4 is 0 Å². The first-order valence-electron chi connectivity index (χ1n) is 11.0. The van der Waals surface area contributed by atoms with Gasteiger partial charge in [-0.2, -0.15) is 5.26 Å². The Morgan fingerprint density at radius 1 is 0.806 bits per heavy atom. The molecule has 0 N–H and O–H groups in total. The van der Waals surface area contributed by atoms with E-state index < -0.39 is 0 Å². The summed E-state index contributed by atoms with van der Waals surface area (Å²) < 4.78 is 6.35. The zero-order valence-corrected chi connectivity index (χ0v) is 17.9. The summed E-state index contributed by atoms with van der Waals surface area (Å²) in [5, 5.41) is 9.19. The number of piperazine rings is 1. The second-order valence-electron chi connectivity index (χ2n) is 8.05. The van der Waals surface area contributed by atoms with Gasteiger partial charge >= 0.3 is 0 Å². The summed E-state index contributed by atoms with van der Waals surface area (Å²) in [6, 6.07) is 30.7. The maximum atomic E-state index is 9.19. The maximum Gasteiger partial charge on any atom is 0.125 e. The zero-order valence-electron chi connectivity index (χ0n) is 17.9. The molecule has 1 unspecified atom stereocenters. The Kier molecular flexibility index (Phi) is 7.33. The Morgan fingerprint density at radius 2 is 1.48 bits per heavy atom. The van der Waals surface area contributed by atoms with Gasteiger partial charge in [0.15, 0.2) is 0 Å². The molecule has 1 fully saturated rings. The molecule has 0 aliphatic carbocycles. The van der Waals surface area contributed by atoms with Crippen LogP contribution in [0.4, 0.5) is 0 Å². The lowest BCUT2D eigenvalue weighted by atomic mass is 10.1. The van der Waals surface area contributed by atoms with Gasteiger partial charge in [-0.1, -0.05) is 66.7 Å². The van der Waals surface area contributed by atoms with Crippen LogP contribution in [0.5, 0.6) is 5.75 Å². The normalized spacial score (nSPS) is 15.8. The van der Waals surface area contributed by atoms with E-state index in [4.69, 9.17) is 4.74 Å². The molecule has 1 atom stereocenters. The molecule has 0 saturated carbocycles. The van der Waals surface area contributed by atoms with Crippen LogP contribution >= 0.6 is 0 Å². The van der Waals surface area contributed by atoms with Gasteiger partial charge in [-0.05, 0) is 29.3 Å². The molecule has 1 saturated heterocycles. The summed E-state index contributed by atoms with van der Waals surface area (Å²) in [6.07, 6.45) is 0.886. The second-order valence-corrected chi connectivity index (χ2v) is 8.05. The van der Waals surface area contributed by atoms with Gasteiger partial charge in [0.1, 0.15) is 11.9 Å². The van der Waals surface area contributed by atoms with Gasteiger partial charge < -0.3 is 9.64 Å². The van der Waals surface area contributed by atoms with Crippen molar-refractivity contribution in [3.8, 4) is 11.8 Å². The van der Waals surface area contributed by atoms with Crippen LogP contribution in [0, 0.1) is 11.3 Å². The van der Waals surface area contributed by atoms with Gasteiger partial charge in [0.05, 0.1) is 11.6 Å². The quantitative estimate of drug-likeness (QED) is 0.529. The highest BCUT2D eigenvalue weighted by Crippen LogP contribution is 2.26. The van der Waals surface area contributed by atoms with Crippen molar-refractivity contribution in [1.29, 1.82) is 5.26 Å². The van der Waals surface area contributed by atoms with Crippen molar-refractivity contribution in [2.24, 2.45) is 0 Å². The van der Waals surface area contributed by atoms with Crippen LogP contribution in [0.1, 0.15) is 29.2 Å². The molecular weight excluding hydrogens is 382 g/mol. The minimum Gasteiger partial charge on any atom is -0.486 e. The SMILES string of the molecule is N#Cc1cccc(OC(CCN2CCN(Cc3ccccc3)CC2)c2ccccc2)c1. The van der Waals surface area contributed by atoms with E-state index in [9.17, 15) is 5.26 Å². The summed E-state index contributed by atoms with van der Waals surface area (Å²) in [5.41, 5.74) is 3.18. The average molecular weight is 412 g/mol. The largest absolute Gasteiger partial charge is 0.486 e. The Labute approximate surface area is 185 Å². The fraction of sp³-hybridized carbons (Fsp3) is 0.296. The molecule has 1 aliphatic heterocycles. The standard InChI is InChI=1S/C27H29N3O/c28-21-24-10-7-13-26(20-24)31-27(25-11-5-2-6-12-25)14-15-29-16-18-30(19-17-29)22-23-8-3-1-4-9-23/h1-13,20,27H,14-19,22H2. The van der Waals surface area contributed by atoms with Crippen molar-refractivity contribution in [1.82, 2.24) is 9.80 Å². The van der Waals surface area contributed by atoms with E-state index >= 15 is 0 Å². The van der Waals surface area contributed by atoms with Crippen LogP contribution < -0.4 is 4.74 Å². The molecule has 4 rings (SSSR count). The van der Waals surface area contributed by atoms with E-state index in [0.29, 0.717) is 5.56 Å². The van der Waals surface area contributed by atoms with E-state index in [0.717, 1.165) is 51.4 Å². The first-order valence-corrected chi connectivity index (χ1v) is 11.0. The molecule has 1 heterocycles. The van der Waals surface area contributed by atoms with Gasteiger partial charge in [-0.15, -0.1) is 0 Å². The zero-order chi connectivity index (χ0) is 21.3. The monoisotopic (exact) mass is 411 g/mol. The van der Waals surface area contributed by atoms with Crippen molar-refractivity contribution in [2.45, 2.75) is 19.1 Å². The van der Waals surface area contributed by atoms with E-state index in [1.807, 2.05) is 24.3 Å². The van der Waals surface area contributed by atoms with E-state index in [-0.39, 0.29) is 6.10 Å². The van der Waals surface area contributed by atoms with Gasteiger partial charge in [-0.3, -0.25) is 4.90 Å². The minimum absolute atomic E-state index is 0.0301. The highest BCUT2D eigenvalue weighted by atomic mass is 16.5. The van der Waals surface area contributed by atoms with E-state index in [1.165, 1.54) is 11.1 Å². The first-order chi connectivity index (χ1) is 15.3. The lowest BCUT2D eigenvalue weighted by Crippen LogP contribution is -2.46. The van der Waals surface area contributed by atoms with Crippen LogP contribution in [0.3, 0.4) is 0 Å². The number of nitrogens with zero attached hydrogens (tertiary/aromatic N) is 3. The lowest BCUT2D eigenvalue weighted by Gasteiger charge is -2.35. The Morgan fingerprint density at radius 3 is 2.19 bits per heavy atom. The fourth-order valence-electron chi connectivity index (χ4n) is 4.08. The van der Waals surface area contributed by atoms with Crippen LogP contribution in [-0.4, -0.2) is 42.5 Å². The average Bonchev–Trinajstić information content (AvgIpc) is 2.84. The third-order valence-electron chi connectivity index (χ3n) is 5.83. The highest BCUT2D eigenvalue weighted by Gasteiger charge is 2.20. The van der Waals surface area contributed by atoms with Gasteiger partial charge in [0, 0.05) is 45.7 Å². The number of hydrogen-bond acceptors (Lipinski definition) is 4. The minimum atomic E-state index is -0.0301. The molecule has 3 aromatic carbocycles. The molecule has 31 heavy (non-hydrogen) atoms. The van der Waals surface area contributed by atoms with Crippen molar-refractivity contribution in [3.63, 3.8) is 0 Å². The van der Waals surface area contributed by atoms with Crippen molar-refractivity contribution < 1.29 is 4.74 Å². The summed E-state index contributed by atoms with van der Waals surface area (Å²) >= 11 is 0. The molecule has 3 aromatic rings. The van der Waals surface area contributed by atoms with E-state index in [1.54, 1.807) is 6.07 Å². The number of ether oxygens (including phenoxy) is 1. The number of nitriles is 1. The third-order valence-corrected chi connectivity index (χ3v) is 5.83. The van der Waals surface area contributed by atoms with Crippen LogP contribution in [0.25, 0.3) is 0 Å². The van der Waals surface area contributed by atoms with E-state index in [2.05, 4.69) is 70.5 Å². The highest BCUT2D eigenvalue weighted by molar-refractivity contribution is 5.36. The Bertz CT molecular complexity index is 976. The van der Waals surface area contributed by atoms with Crippen molar-refractivity contribution in [2.75, 3.05) is 32.7 Å². The molecule has 0 aromatic heterocycles. The molecule has 4 nitrogen and oxygen atoms in total. The molecule has 0 radical (unpaired) electrons. The molecular formula is C27H29N3O. The van der Waals surface area contributed by atoms with Crippen LogP contribution in [0.2, 0.25) is 0 Å². The van der Waals surface area contributed by atoms with Crippen LogP contribution in [0.15, 0.2) is 84.9 Å². The van der Waals surface area contributed by atoms with Gasteiger partial charge in [-0.25, -0.2) is 0 Å². The van der Waals surface area contributed by atoms with Gasteiger partial charge in [0.2, 0.25) is 0 Å². The Balaban J connectivity index is 1.33. The molecule has 0 bridgehead atoms. The molecule has 158 valence electrons. The summed E-state index contributed by atoms with van der Waals surface area (Å²) in [6.45, 7) is 6.37. The first kappa shape index (κ1) is 21.1. The second kappa shape index (κ2) is 10.8.